The first-order valence-electron chi connectivity index (χ1n) is 7.42. The maximum atomic E-state index is 12.4. The van der Waals surface area contributed by atoms with Gasteiger partial charge in [-0.1, -0.05) is 17.7 Å². The number of aryl methyl sites for hydroxylation is 1. The Bertz CT molecular complexity index is 740. The molecule has 25 heavy (non-hydrogen) atoms. The number of ketones is 1. The number of hydrogen-bond acceptors (Lipinski definition) is 7. The predicted molar refractivity (Wildman–Crippen MR) is 88.2 cm³/mol. The highest BCUT2D eigenvalue weighted by molar-refractivity contribution is 7.89. The van der Waals surface area contributed by atoms with Crippen molar-refractivity contribution in [3.05, 3.63) is 29.8 Å². The van der Waals surface area contributed by atoms with Gasteiger partial charge in [-0.3, -0.25) is 14.4 Å². The lowest BCUT2D eigenvalue weighted by atomic mass is 10.2. The molecule has 0 saturated heterocycles. The van der Waals surface area contributed by atoms with E-state index in [0.29, 0.717) is 0 Å². The number of carbonyl (C=O) groups excluding carboxylic acids is 3. The quantitative estimate of drug-likeness (QED) is 0.529. The van der Waals surface area contributed by atoms with Crippen LogP contribution in [0.2, 0.25) is 0 Å². The Morgan fingerprint density at radius 3 is 2.20 bits per heavy atom. The van der Waals surface area contributed by atoms with Crippen LogP contribution in [0.3, 0.4) is 0 Å². The minimum atomic E-state index is -4.04. The van der Waals surface area contributed by atoms with Gasteiger partial charge in [0, 0.05) is 0 Å². The summed E-state index contributed by atoms with van der Waals surface area (Å²) in [7, 11) is -2.96. The van der Waals surface area contributed by atoms with Crippen LogP contribution in [0.5, 0.6) is 0 Å². The Hall–Kier alpha value is -2.26. The smallest absolute Gasteiger partial charge is 0.327 e. The van der Waals surface area contributed by atoms with Crippen molar-refractivity contribution in [3.63, 3.8) is 0 Å². The molecule has 0 aliphatic carbocycles. The summed E-state index contributed by atoms with van der Waals surface area (Å²) >= 11 is 0. The van der Waals surface area contributed by atoms with E-state index in [-0.39, 0.29) is 4.90 Å². The van der Waals surface area contributed by atoms with Crippen molar-refractivity contribution in [2.75, 3.05) is 7.11 Å². The monoisotopic (exact) mass is 371 g/mol. The van der Waals surface area contributed by atoms with Crippen LogP contribution in [0.1, 0.15) is 25.8 Å². The first kappa shape index (κ1) is 20.8. The van der Waals surface area contributed by atoms with E-state index >= 15 is 0 Å². The fourth-order valence-corrected chi connectivity index (χ4v) is 3.19. The molecule has 2 atom stereocenters. The molecule has 0 amide bonds. The largest absolute Gasteiger partial charge is 0.468 e. The number of methoxy groups -OCH3 is 1. The van der Waals surface area contributed by atoms with Crippen molar-refractivity contribution >= 4 is 27.7 Å². The first-order chi connectivity index (χ1) is 11.6. The topological polar surface area (TPSA) is 116 Å². The summed E-state index contributed by atoms with van der Waals surface area (Å²) in [4.78, 5) is 34.4. The van der Waals surface area contributed by atoms with E-state index in [1.807, 2.05) is 0 Å². The van der Waals surface area contributed by atoms with Crippen molar-refractivity contribution in [2.24, 2.45) is 0 Å². The third-order valence-electron chi connectivity index (χ3n) is 3.25. The average Bonchev–Trinajstić information content (AvgIpc) is 2.51. The molecule has 0 radical (unpaired) electrons. The predicted octanol–water partition coefficient (Wildman–Crippen LogP) is 0.726. The number of nitrogens with one attached hydrogen (secondary N) is 1. The number of esters is 2. The highest BCUT2D eigenvalue weighted by Gasteiger charge is 2.33. The maximum Gasteiger partial charge on any atom is 0.327 e. The van der Waals surface area contributed by atoms with Gasteiger partial charge in [0.25, 0.3) is 0 Å². The zero-order chi connectivity index (χ0) is 19.2. The number of hydrogen-bond donors (Lipinski definition) is 1. The third kappa shape index (κ3) is 6.28. The van der Waals surface area contributed by atoms with Crippen molar-refractivity contribution in [2.45, 2.75) is 44.2 Å². The van der Waals surface area contributed by atoms with Gasteiger partial charge in [-0.2, -0.15) is 4.72 Å². The van der Waals surface area contributed by atoms with Gasteiger partial charge in [0.15, 0.2) is 6.04 Å². The minimum Gasteiger partial charge on any atom is -0.468 e. The number of carbonyl (C=O) groups is 3. The van der Waals surface area contributed by atoms with E-state index in [1.165, 1.54) is 26.0 Å². The molecule has 0 spiro atoms. The molecule has 0 aliphatic heterocycles. The van der Waals surface area contributed by atoms with Crippen LogP contribution in [0.4, 0.5) is 0 Å². The lowest BCUT2D eigenvalue weighted by molar-refractivity contribution is -0.156. The number of sulfonamides is 1. The van der Waals surface area contributed by atoms with Crippen LogP contribution in [0.25, 0.3) is 0 Å². The second kappa shape index (κ2) is 8.72. The van der Waals surface area contributed by atoms with Gasteiger partial charge in [-0.15, -0.1) is 0 Å². The Balaban J connectivity index is 2.99. The zero-order valence-corrected chi connectivity index (χ0v) is 15.3. The highest BCUT2D eigenvalue weighted by atomic mass is 32.2. The van der Waals surface area contributed by atoms with Gasteiger partial charge in [0.05, 0.1) is 12.0 Å². The zero-order valence-electron chi connectivity index (χ0n) is 14.4. The van der Waals surface area contributed by atoms with E-state index in [2.05, 4.69) is 9.46 Å². The summed E-state index contributed by atoms with van der Waals surface area (Å²) in [6.45, 7) is 4.35. The van der Waals surface area contributed by atoms with Crippen molar-refractivity contribution in [1.82, 2.24) is 4.72 Å². The van der Waals surface area contributed by atoms with E-state index in [0.717, 1.165) is 12.7 Å². The average molecular weight is 371 g/mol. The SMILES string of the molecule is COC(=O)[C@@H](NS(=O)(=O)c1ccc(C)cc1)[C@@H](C)OC(=O)CC(C)=O. The Morgan fingerprint density at radius 2 is 1.72 bits per heavy atom. The summed E-state index contributed by atoms with van der Waals surface area (Å²) < 4.78 is 36.6. The van der Waals surface area contributed by atoms with E-state index in [4.69, 9.17) is 4.74 Å². The minimum absolute atomic E-state index is 0.0470. The van der Waals surface area contributed by atoms with Gasteiger partial charge >= 0.3 is 11.9 Å². The lowest BCUT2D eigenvalue weighted by Gasteiger charge is -2.23. The summed E-state index contributed by atoms with van der Waals surface area (Å²) in [6, 6.07) is 4.54. The van der Waals surface area contributed by atoms with Crippen LogP contribution in [0, 0.1) is 6.92 Å². The summed E-state index contributed by atoms with van der Waals surface area (Å²) in [5, 5.41) is 0. The molecular weight excluding hydrogens is 350 g/mol. The van der Waals surface area contributed by atoms with Crippen LogP contribution in [-0.4, -0.2) is 45.4 Å². The van der Waals surface area contributed by atoms with E-state index in [9.17, 15) is 22.8 Å². The van der Waals surface area contributed by atoms with Crippen LogP contribution < -0.4 is 4.72 Å². The molecule has 0 aliphatic rings. The van der Waals surface area contributed by atoms with E-state index in [1.54, 1.807) is 19.1 Å². The fourth-order valence-electron chi connectivity index (χ4n) is 1.94. The lowest BCUT2D eigenvalue weighted by Crippen LogP contribution is -2.49. The van der Waals surface area contributed by atoms with Crippen molar-refractivity contribution in [3.8, 4) is 0 Å². The van der Waals surface area contributed by atoms with Crippen LogP contribution in [0.15, 0.2) is 29.2 Å². The summed E-state index contributed by atoms with van der Waals surface area (Å²) in [5.74, 6) is -2.19. The number of ether oxygens (including phenoxy) is 2. The molecule has 1 aromatic carbocycles. The van der Waals surface area contributed by atoms with Crippen LogP contribution in [-0.2, 0) is 33.9 Å². The molecular formula is C16H21NO7S. The van der Waals surface area contributed by atoms with Gasteiger partial charge in [0.2, 0.25) is 10.0 Å². The molecule has 0 saturated carbocycles. The molecule has 138 valence electrons. The molecule has 0 aromatic heterocycles. The molecule has 0 heterocycles. The summed E-state index contributed by atoms with van der Waals surface area (Å²) in [5.41, 5.74) is 0.870. The fraction of sp³-hybridized carbons (Fsp3) is 0.438. The molecule has 0 bridgehead atoms. The molecule has 0 unspecified atom stereocenters. The Morgan fingerprint density at radius 1 is 1.16 bits per heavy atom. The normalized spacial score (nSPS) is 13.6. The highest BCUT2D eigenvalue weighted by Crippen LogP contribution is 2.13. The maximum absolute atomic E-state index is 12.4. The van der Waals surface area contributed by atoms with Crippen molar-refractivity contribution in [1.29, 1.82) is 0 Å². The molecule has 0 fully saturated rings. The van der Waals surface area contributed by atoms with Crippen LogP contribution >= 0.6 is 0 Å². The Labute approximate surface area is 146 Å². The number of Topliss-reactive ketones (excluding diaryl/α,β-unsaturated/α-hetero) is 1. The van der Waals surface area contributed by atoms with E-state index < -0.39 is 46.3 Å². The molecule has 1 N–H and O–H groups in total. The number of rotatable bonds is 8. The Kier molecular flexibility index (Phi) is 7.25. The molecule has 8 nitrogen and oxygen atoms in total. The molecule has 1 aromatic rings. The second-order valence-electron chi connectivity index (χ2n) is 5.51. The summed E-state index contributed by atoms with van der Waals surface area (Å²) in [6.07, 6.45) is -1.64. The molecule has 9 heteroatoms. The molecule has 1 rings (SSSR count). The number of benzene rings is 1. The van der Waals surface area contributed by atoms with Gasteiger partial charge in [-0.05, 0) is 32.9 Å². The third-order valence-corrected chi connectivity index (χ3v) is 4.71. The second-order valence-corrected chi connectivity index (χ2v) is 7.22. The standard InChI is InChI=1S/C16H21NO7S/c1-10-5-7-13(8-6-10)25(21,22)17-15(16(20)23-4)12(3)24-14(19)9-11(2)18/h5-8,12,15,17H,9H2,1-4H3/t12-,15+/m1/s1. The van der Waals surface area contributed by atoms with Gasteiger partial charge in [-0.25, -0.2) is 8.42 Å². The van der Waals surface area contributed by atoms with Gasteiger partial charge in [0.1, 0.15) is 18.3 Å². The van der Waals surface area contributed by atoms with Crippen molar-refractivity contribution < 1.29 is 32.3 Å². The van der Waals surface area contributed by atoms with Gasteiger partial charge < -0.3 is 9.47 Å². The first-order valence-corrected chi connectivity index (χ1v) is 8.91.